The third-order valence-electron chi connectivity index (χ3n) is 3.78. The molecule has 6 nitrogen and oxygen atoms in total. The molecule has 1 aliphatic rings. The second-order valence-corrected chi connectivity index (χ2v) is 7.01. The van der Waals surface area contributed by atoms with Crippen LogP contribution in [0.3, 0.4) is 0 Å². The van der Waals surface area contributed by atoms with E-state index in [1.165, 1.54) is 0 Å². The molecule has 1 heterocycles. The maximum atomic E-state index is 12.1. The Hall–Kier alpha value is -1.30. The number of likely N-dealkylation sites (tertiary alicyclic amines) is 1. The fraction of sp³-hybridized carbons (Fsp3) is 0.875. The second-order valence-electron chi connectivity index (χ2n) is 7.01. The monoisotopic (exact) mass is 313 g/mol. The molecule has 2 unspecified atom stereocenters. The van der Waals surface area contributed by atoms with Gasteiger partial charge in [0, 0.05) is 32.7 Å². The molecule has 1 fully saturated rings. The maximum absolute atomic E-state index is 12.1. The van der Waals surface area contributed by atoms with E-state index in [4.69, 9.17) is 4.74 Å². The molecule has 2 amide bonds. The lowest BCUT2D eigenvalue weighted by Gasteiger charge is -2.35. The molecule has 0 spiro atoms. The highest BCUT2D eigenvalue weighted by Crippen LogP contribution is 2.15. The molecular weight excluding hydrogens is 282 g/mol. The van der Waals surface area contributed by atoms with Crippen molar-refractivity contribution in [3.05, 3.63) is 0 Å². The molecular formula is C16H31N3O3. The van der Waals surface area contributed by atoms with Gasteiger partial charge in [-0.25, -0.2) is 4.79 Å². The molecule has 128 valence electrons. The summed E-state index contributed by atoms with van der Waals surface area (Å²) in [5, 5.41) is 3.34. The zero-order chi connectivity index (χ0) is 16.9. The lowest BCUT2D eigenvalue weighted by molar-refractivity contribution is -0.131. The number of nitrogens with one attached hydrogen (secondary N) is 1. The van der Waals surface area contributed by atoms with Crippen LogP contribution in [0.1, 0.15) is 47.5 Å². The Bertz CT molecular complexity index is 393. The van der Waals surface area contributed by atoms with Gasteiger partial charge in [0.1, 0.15) is 5.60 Å². The molecule has 1 rings (SSSR count). The average molecular weight is 313 g/mol. The second kappa shape index (κ2) is 7.81. The van der Waals surface area contributed by atoms with E-state index in [1.54, 1.807) is 16.8 Å². The van der Waals surface area contributed by atoms with Gasteiger partial charge in [0.2, 0.25) is 5.91 Å². The molecule has 0 aliphatic carbocycles. The topological polar surface area (TPSA) is 61.9 Å². The minimum Gasteiger partial charge on any atom is -0.444 e. The smallest absolute Gasteiger partial charge is 0.410 e. The van der Waals surface area contributed by atoms with Crippen molar-refractivity contribution in [2.24, 2.45) is 0 Å². The third kappa shape index (κ3) is 5.83. The molecule has 22 heavy (non-hydrogen) atoms. The van der Waals surface area contributed by atoms with Gasteiger partial charge in [0.05, 0.1) is 6.04 Å². The van der Waals surface area contributed by atoms with E-state index in [-0.39, 0.29) is 24.1 Å². The lowest BCUT2D eigenvalue weighted by Crippen LogP contribution is -2.54. The number of hydrogen-bond acceptors (Lipinski definition) is 4. The van der Waals surface area contributed by atoms with E-state index >= 15 is 0 Å². The highest BCUT2D eigenvalue weighted by Gasteiger charge is 2.29. The summed E-state index contributed by atoms with van der Waals surface area (Å²) in [5.41, 5.74) is -0.482. The van der Waals surface area contributed by atoms with Crippen molar-refractivity contribution in [1.82, 2.24) is 15.1 Å². The molecule has 0 saturated carbocycles. The molecule has 1 saturated heterocycles. The van der Waals surface area contributed by atoms with Gasteiger partial charge in [0.25, 0.3) is 0 Å². The number of hydrogen-bond donors (Lipinski definition) is 1. The number of carbonyl (C=O) groups excluding carboxylic acids is 2. The van der Waals surface area contributed by atoms with Crippen LogP contribution in [-0.4, -0.2) is 66.2 Å². The van der Waals surface area contributed by atoms with Crippen molar-refractivity contribution in [2.45, 2.75) is 65.1 Å². The van der Waals surface area contributed by atoms with E-state index < -0.39 is 5.60 Å². The summed E-state index contributed by atoms with van der Waals surface area (Å²) in [6.45, 7) is 11.4. The van der Waals surface area contributed by atoms with Crippen molar-refractivity contribution in [1.29, 1.82) is 0 Å². The first-order valence-electron chi connectivity index (χ1n) is 8.13. The van der Waals surface area contributed by atoms with E-state index in [0.29, 0.717) is 19.6 Å². The van der Waals surface area contributed by atoms with E-state index in [0.717, 1.165) is 12.8 Å². The number of likely N-dealkylation sites (N-methyl/N-ethyl adjacent to an activating group) is 1. The molecule has 6 heteroatoms. The first-order chi connectivity index (χ1) is 10.1. The van der Waals surface area contributed by atoms with Crippen LogP contribution >= 0.6 is 0 Å². The molecule has 1 aliphatic heterocycles. The van der Waals surface area contributed by atoms with Crippen molar-refractivity contribution >= 4 is 12.0 Å². The van der Waals surface area contributed by atoms with Crippen LogP contribution in [0.25, 0.3) is 0 Å². The fourth-order valence-corrected chi connectivity index (χ4v) is 2.52. The summed E-state index contributed by atoms with van der Waals surface area (Å²) >= 11 is 0. The Morgan fingerprint density at radius 1 is 1.41 bits per heavy atom. The van der Waals surface area contributed by atoms with E-state index in [2.05, 4.69) is 5.32 Å². The van der Waals surface area contributed by atoms with Crippen LogP contribution < -0.4 is 5.32 Å². The molecule has 0 aromatic heterocycles. The van der Waals surface area contributed by atoms with Gasteiger partial charge < -0.3 is 19.9 Å². The predicted molar refractivity (Wildman–Crippen MR) is 86.7 cm³/mol. The summed E-state index contributed by atoms with van der Waals surface area (Å²) in [4.78, 5) is 27.7. The minimum absolute atomic E-state index is 0.0805. The third-order valence-corrected chi connectivity index (χ3v) is 3.78. The molecule has 0 bridgehead atoms. The number of piperidine rings is 1. The molecule has 1 N–H and O–H groups in total. The summed E-state index contributed by atoms with van der Waals surface area (Å²) in [7, 11) is 1.80. The summed E-state index contributed by atoms with van der Waals surface area (Å²) < 4.78 is 5.42. The quantitative estimate of drug-likeness (QED) is 0.860. The predicted octanol–water partition coefficient (Wildman–Crippen LogP) is 1.84. The highest BCUT2D eigenvalue weighted by atomic mass is 16.6. The summed E-state index contributed by atoms with van der Waals surface area (Å²) in [6.07, 6.45) is 1.61. The van der Waals surface area contributed by atoms with Gasteiger partial charge in [-0.3, -0.25) is 4.79 Å². The SMILES string of the molecule is CCN(C)C(=O)C(C)NC1CCCN(C(=O)OC(C)(C)C)C1. The Kier molecular flexibility index (Phi) is 6.66. The largest absolute Gasteiger partial charge is 0.444 e. The van der Waals surface area contributed by atoms with Gasteiger partial charge in [0.15, 0.2) is 0 Å². The Morgan fingerprint density at radius 3 is 2.59 bits per heavy atom. The first kappa shape index (κ1) is 18.7. The van der Waals surface area contributed by atoms with Crippen molar-refractivity contribution in [3.63, 3.8) is 0 Å². The van der Waals surface area contributed by atoms with Crippen LogP contribution in [-0.2, 0) is 9.53 Å². The lowest BCUT2D eigenvalue weighted by atomic mass is 10.0. The molecule has 0 radical (unpaired) electrons. The number of carbonyl (C=O) groups is 2. The van der Waals surface area contributed by atoms with E-state index in [1.807, 2.05) is 34.6 Å². The average Bonchev–Trinajstić information content (AvgIpc) is 2.44. The van der Waals surface area contributed by atoms with Crippen LogP contribution in [0, 0.1) is 0 Å². The number of amides is 2. The van der Waals surface area contributed by atoms with Crippen molar-refractivity contribution < 1.29 is 14.3 Å². The van der Waals surface area contributed by atoms with Crippen LogP contribution in [0.5, 0.6) is 0 Å². The first-order valence-corrected chi connectivity index (χ1v) is 8.13. The standard InChI is InChI=1S/C16H31N3O3/c1-7-18(6)14(20)12(2)17-13-9-8-10-19(11-13)15(21)22-16(3,4)5/h12-13,17H,7-11H2,1-6H3. The van der Waals surface area contributed by atoms with Crippen LogP contribution in [0.15, 0.2) is 0 Å². The number of rotatable bonds is 4. The fourth-order valence-electron chi connectivity index (χ4n) is 2.52. The number of ether oxygens (including phenoxy) is 1. The Labute approximate surface area is 134 Å². The minimum atomic E-state index is -0.482. The summed E-state index contributed by atoms with van der Waals surface area (Å²) in [6, 6.07) is -0.112. The highest BCUT2D eigenvalue weighted by molar-refractivity contribution is 5.81. The summed E-state index contributed by atoms with van der Waals surface area (Å²) in [5.74, 6) is 0.0805. The van der Waals surface area contributed by atoms with Crippen LogP contribution in [0.2, 0.25) is 0 Å². The van der Waals surface area contributed by atoms with E-state index in [9.17, 15) is 9.59 Å². The Balaban J connectivity index is 2.53. The molecule has 0 aromatic rings. The van der Waals surface area contributed by atoms with Crippen molar-refractivity contribution in [3.8, 4) is 0 Å². The van der Waals surface area contributed by atoms with Gasteiger partial charge in [-0.05, 0) is 47.5 Å². The molecule has 0 aromatic carbocycles. The normalized spacial score (nSPS) is 20.5. The molecule has 2 atom stereocenters. The number of nitrogens with zero attached hydrogens (tertiary/aromatic N) is 2. The van der Waals surface area contributed by atoms with Gasteiger partial charge >= 0.3 is 6.09 Å². The van der Waals surface area contributed by atoms with Crippen LogP contribution in [0.4, 0.5) is 4.79 Å². The van der Waals surface area contributed by atoms with Gasteiger partial charge in [-0.1, -0.05) is 0 Å². The zero-order valence-electron chi connectivity index (χ0n) is 14.8. The Morgan fingerprint density at radius 2 is 2.05 bits per heavy atom. The van der Waals surface area contributed by atoms with Crippen molar-refractivity contribution in [2.75, 3.05) is 26.7 Å². The van der Waals surface area contributed by atoms with Gasteiger partial charge in [-0.2, -0.15) is 0 Å². The zero-order valence-corrected chi connectivity index (χ0v) is 14.8. The van der Waals surface area contributed by atoms with Gasteiger partial charge in [-0.15, -0.1) is 0 Å². The maximum Gasteiger partial charge on any atom is 0.410 e.